The minimum atomic E-state index is -0.208. The van der Waals surface area contributed by atoms with Gasteiger partial charge in [0.05, 0.1) is 0 Å². The molecule has 1 aromatic carbocycles. The van der Waals surface area contributed by atoms with Gasteiger partial charge >= 0.3 is 6.03 Å². The van der Waals surface area contributed by atoms with Gasteiger partial charge in [-0.25, -0.2) is 4.79 Å². The van der Waals surface area contributed by atoms with Crippen molar-refractivity contribution in [3.8, 4) is 5.75 Å². The first-order chi connectivity index (χ1) is 11.0. The zero-order valence-electron chi connectivity index (χ0n) is 14.4. The first-order valence-corrected chi connectivity index (χ1v) is 7.97. The summed E-state index contributed by atoms with van der Waals surface area (Å²) in [5.41, 5.74) is 2.31. The number of ether oxygens (including phenoxy) is 1. The van der Waals surface area contributed by atoms with Crippen LogP contribution >= 0.6 is 0 Å². The van der Waals surface area contributed by atoms with Crippen LogP contribution in [0.25, 0.3) is 0 Å². The van der Waals surface area contributed by atoms with Gasteiger partial charge in [-0.1, -0.05) is 6.07 Å². The molecule has 1 rings (SSSR count). The fraction of sp³-hybridized carbons (Fsp3) is 0.529. The summed E-state index contributed by atoms with van der Waals surface area (Å²) in [6, 6.07) is 5.61. The van der Waals surface area contributed by atoms with Crippen LogP contribution in [0.1, 0.15) is 25.0 Å². The Bertz CT molecular complexity index is 528. The van der Waals surface area contributed by atoms with Crippen molar-refractivity contribution >= 4 is 11.9 Å². The number of benzene rings is 1. The minimum absolute atomic E-state index is 0.0352. The molecule has 23 heavy (non-hydrogen) atoms. The van der Waals surface area contributed by atoms with Gasteiger partial charge in [0.25, 0.3) is 5.91 Å². The Labute approximate surface area is 138 Å². The van der Waals surface area contributed by atoms with Crippen LogP contribution in [0.2, 0.25) is 0 Å². The molecule has 3 amide bonds. The number of nitrogens with zero attached hydrogens (tertiary/aromatic N) is 1. The molecule has 0 aliphatic carbocycles. The van der Waals surface area contributed by atoms with E-state index in [1.807, 2.05) is 45.9 Å². The number of aryl methyl sites for hydroxylation is 2. The molecule has 1 aromatic rings. The summed E-state index contributed by atoms with van der Waals surface area (Å²) < 4.78 is 5.45. The van der Waals surface area contributed by atoms with Crippen LogP contribution in [0.5, 0.6) is 5.75 Å². The van der Waals surface area contributed by atoms with Crippen LogP contribution in [0.4, 0.5) is 4.79 Å². The zero-order chi connectivity index (χ0) is 17.2. The lowest BCUT2D eigenvalue weighted by atomic mass is 10.1. The van der Waals surface area contributed by atoms with E-state index in [9.17, 15) is 9.59 Å². The van der Waals surface area contributed by atoms with E-state index in [1.54, 1.807) is 4.90 Å². The molecule has 0 unspecified atom stereocenters. The fourth-order valence-electron chi connectivity index (χ4n) is 2.00. The molecule has 0 saturated heterocycles. The summed E-state index contributed by atoms with van der Waals surface area (Å²) in [7, 11) is 0. The van der Waals surface area contributed by atoms with Crippen molar-refractivity contribution < 1.29 is 14.3 Å². The van der Waals surface area contributed by atoms with Crippen LogP contribution < -0.4 is 15.4 Å². The quantitative estimate of drug-likeness (QED) is 0.718. The first kappa shape index (κ1) is 18.8. The smallest absolute Gasteiger partial charge is 0.317 e. The Balaban J connectivity index is 2.22. The SMILES string of the molecule is CCN(CC)C(=O)NCCNC(=O)COc1ccc(C)c(C)c1. The summed E-state index contributed by atoms with van der Waals surface area (Å²) in [4.78, 5) is 25.1. The van der Waals surface area contributed by atoms with Crippen molar-refractivity contribution in [1.82, 2.24) is 15.5 Å². The number of carbonyl (C=O) groups excluding carboxylic acids is 2. The molecule has 6 heteroatoms. The third-order valence-corrected chi connectivity index (χ3v) is 3.62. The highest BCUT2D eigenvalue weighted by Gasteiger charge is 2.08. The van der Waals surface area contributed by atoms with E-state index in [0.29, 0.717) is 31.9 Å². The Morgan fingerprint density at radius 3 is 2.30 bits per heavy atom. The van der Waals surface area contributed by atoms with Gasteiger partial charge in [-0.2, -0.15) is 0 Å². The van der Waals surface area contributed by atoms with E-state index in [0.717, 1.165) is 5.56 Å². The highest BCUT2D eigenvalue weighted by atomic mass is 16.5. The van der Waals surface area contributed by atoms with Crippen molar-refractivity contribution in [1.29, 1.82) is 0 Å². The molecule has 0 fully saturated rings. The van der Waals surface area contributed by atoms with Crippen molar-refractivity contribution in [3.05, 3.63) is 29.3 Å². The molecule has 0 aliphatic rings. The maximum Gasteiger partial charge on any atom is 0.317 e. The highest BCUT2D eigenvalue weighted by molar-refractivity contribution is 5.77. The molecule has 0 atom stereocenters. The van der Waals surface area contributed by atoms with E-state index in [1.165, 1.54) is 5.56 Å². The van der Waals surface area contributed by atoms with Crippen molar-refractivity contribution in [2.45, 2.75) is 27.7 Å². The van der Waals surface area contributed by atoms with E-state index < -0.39 is 0 Å². The van der Waals surface area contributed by atoms with Crippen LogP contribution in [0, 0.1) is 13.8 Å². The second-order valence-electron chi connectivity index (χ2n) is 5.29. The van der Waals surface area contributed by atoms with Crippen LogP contribution in [-0.4, -0.2) is 49.6 Å². The highest BCUT2D eigenvalue weighted by Crippen LogP contribution is 2.16. The summed E-state index contributed by atoms with van der Waals surface area (Å²) in [6.45, 7) is 9.94. The molecule has 128 valence electrons. The lowest BCUT2D eigenvalue weighted by molar-refractivity contribution is -0.123. The van der Waals surface area contributed by atoms with Gasteiger partial charge in [0.1, 0.15) is 5.75 Å². The molecule has 0 bridgehead atoms. The number of hydrogen-bond acceptors (Lipinski definition) is 3. The fourth-order valence-corrected chi connectivity index (χ4v) is 2.00. The van der Waals surface area contributed by atoms with E-state index >= 15 is 0 Å². The third kappa shape index (κ3) is 6.59. The maximum atomic E-state index is 11.7. The Kier molecular flexibility index (Phi) is 7.94. The molecule has 0 saturated carbocycles. The molecule has 6 nitrogen and oxygen atoms in total. The van der Waals surface area contributed by atoms with E-state index in [4.69, 9.17) is 4.74 Å². The van der Waals surface area contributed by atoms with Gasteiger partial charge < -0.3 is 20.3 Å². The lowest BCUT2D eigenvalue weighted by Gasteiger charge is -2.19. The van der Waals surface area contributed by atoms with Gasteiger partial charge in [-0.15, -0.1) is 0 Å². The number of carbonyl (C=O) groups is 2. The summed E-state index contributed by atoms with van der Waals surface area (Å²) in [6.07, 6.45) is 0. The first-order valence-electron chi connectivity index (χ1n) is 7.97. The van der Waals surface area contributed by atoms with Gasteiger partial charge in [-0.05, 0) is 51.0 Å². The second kappa shape index (κ2) is 9.71. The summed E-state index contributed by atoms with van der Waals surface area (Å²) in [5.74, 6) is 0.471. The summed E-state index contributed by atoms with van der Waals surface area (Å²) >= 11 is 0. The molecular weight excluding hydrogens is 294 g/mol. The second-order valence-corrected chi connectivity index (χ2v) is 5.29. The average molecular weight is 321 g/mol. The third-order valence-electron chi connectivity index (χ3n) is 3.62. The van der Waals surface area contributed by atoms with Crippen molar-refractivity contribution in [3.63, 3.8) is 0 Å². The van der Waals surface area contributed by atoms with Crippen LogP contribution in [0.3, 0.4) is 0 Å². The number of nitrogens with one attached hydrogen (secondary N) is 2. The van der Waals surface area contributed by atoms with E-state index in [-0.39, 0.29) is 18.5 Å². The average Bonchev–Trinajstić information content (AvgIpc) is 2.54. The number of rotatable bonds is 8. The molecule has 0 aliphatic heterocycles. The molecular formula is C17H27N3O3. The Hall–Kier alpha value is -2.24. The van der Waals surface area contributed by atoms with Gasteiger partial charge in [0, 0.05) is 26.2 Å². The molecule has 0 spiro atoms. The predicted octanol–water partition coefficient (Wildman–Crippen LogP) is 1.85. The normalized spacial score (nSPS) is 10.1. The van der Waals surface area contributed by atoms with Crippen LogP contribution in [-0.2, 0) is 4.79 Å². The lowest BCUT2D eigenvalue weighted by Crippen LogP contribution is -2.43. The van der Waals surface area contributed by atoms with Gasteiger partial charge in [-0.3, -0.25) is 4.79 Å². The van der Waals surface area contributed by atoms with Gasteiger partial charge in [0.15, 0.2) is 6.61 Å². The van der Waals surface area contributed by atoms with E-state index in [2.05, 4.69) is 10.6 Å². The standard InChI is InChI=1S/C17H27N3O3/c1-5-20(6-2)17(22)19-10-9-18-16(21)12-23-15-8-7-13(3)14(4)11-15/h7-8,11H,5-6,9-10,12H2,1-4H3,(H,18,21)(H,19,22). The zero-order valence-corrected chi connectivity index (χ0v) is 14.4. The van der Waals surface area contributed by atoms with Crippen molar-refractivity contribution in [2.75, 3.05) is 32.8 Å². The molecule has 2 N–H and O–H groups in total. The minimum Gasteiger partial charge on any atom is -0.484 e. The van der Waals surface area contributed by atoms with Gasteiger partial charge in [0.2, 0.25) is 0 Å². The molecule has 0 aromatic heterocycles. The Morgan fingerprint density at radius 1 is 1.04 bits per heavy atom. The molecule has 0 heterocycles. The molecule has 0 radical (unpaired) electrons. The predicted molar refractivity (Wildman–Crippen MR) is 90.7 cm³/mol. The Morgan fingerprint density at radius 2 is 1.70 bits per heavy atom. The van der Waals surface area contributed by atoms with Crippen LogP contribution in [0.15, 0.2) is 18.2 Å². The summed E-state index contributed by atoms with van der Waals surface area (Å²) in [5, 5.41) is 5.47. The number of urea groups is 1. The van der Waals surface area contributed by atoms with Crippen molar-refractivity contribution in [2.24, 2.45) is 0 Å². The largest absolute Gasteiger partial charge is 0.484 e. The number of amides is 3. The number of hydrogen-bond donors (Lipinski definition) is 2. The maximum absolute atomic E-state index is 11.7. The monoisotopic (exact) mass is 321 g/mol. The topological polar surface area (TPSA) is 70.7 Å².